The molecular formula is C17H22N4O. The second kappa shape index (κ2) is 8.02. The second-order valence-electron chi connectivity index (χ2n) is 4.98. The molecule has 0 spiro atoms. The molecule has 0 unspecified atom stereocenters. The van der Waals surface area contributed by atoms with E-state index in [1.807, 2.05) is 37.3 Å². The van der Waals surface area contributed by atoms with Gasteiger partial charge in [0.1, 0.15) is 0 Å². The van der Waals surface area contributed by atoms with Crippen LogP contribution < -0.4 is 15.8 Å². The molecule has 1 aromatic heterocycles. The molecule has 0 saturated carbocycles. The molecule has 2 rings (SSSR count). The van der Waals surface area contributed by atoms with Gasteiger partial charge in [0.2, 0.25) is 5.88 Å². The van der Waals surface area contributed by atoms with E-state index in [0.717, 1.165) is 24.2 Å². The summed E-state index contributed by atoms with van der Waals surface area (Å²) in [6.45, 7) is 3.12. The molecule has 0 aliphatic carbocycles. The lowest BCUT2D eigenvalue weighted by molar-refractivity contribution is 0.391. The number of guanidine groups is 1. The van der Waals surface area contributed by atoms with Crippen LogP contribution in [0.5, 0.6) is 5.88 Å². The average molecular weight is 298 g/mol. The largest absolute Gasteiger partial charge is 0.481 e. The third-order valence-corrected chi connectivity index (χ3v) is 3.25. The minimum absolute atomic E-state index is 0.429. The molecule has 0 bridgehead atoms. The van der Waals surface area contributed by atoms with Crippen molar-refractivity contribution in [1.82, 2.24) is 10.3 Å². The monoisotopic (exact) mass is 298 g/mol. The van der Waals surface area contributed by atoms with Gasteiger partial charge in [0, 0.05) is 17.8 Å². The van der Waals surface area contributed by atoms with Crippen molar-refractivity contribution in [2.75, 3.05) is 13.7 Å². The number of aryl methyl sites for hydroxylation is 1. The standard InChI is InChI=1S/C17H22N4O/c1-13-8-9-15(16(21-13)22-2)12-20-17(18)19-11-10-14-6-4-3-5-7-14/h3-9H,10-12H2,1-2H3,(H3,18,19,20). The van der Waals surface area contributed by atoms with Gasteiger partial charge in [-0.15, -0.1) is 0 Å². The molecule has 0 atom stereocenters. The van der Waals surface area contributed by atoms with E-state index in [9.17, 15) is 0 Å². The van der Waals surface area contributed by atoms with Gasteiger partial charge in [-0.2, -0.15) is 0 Å². The normalized spacial score (nSPS) is 11.3. The molecule has 22 heavy (non-hydrogen) atoms. The van der Waals surface area contributed by atoms with Crippen LogP contribution >= 0.6 is 0 Å². The lowest BCUT2D eigenvalue weighted by Gasteiger charge is -2.08. The first-order valence-electron chi connectivity index (χ1n) is 7.27. The third-order valence-electron chi connectivity index (χ3n) is 3.25. The summed E-state index contributed by atoms with van der Waals surface area (Å²) in [6.07, 6.45) is 0.909. The molecule has 5 heteroatoms. The van der Waals surface area contributed by atoms with E-state index >= 15 is 0 Å². The van der Waals surface area contributed by atoms with Crippen LogP contribution in [0.2, 0.25) is 0 Å². The molecule has 1 aromatic carbocycles. The Morgan fingerprint density at radius 2 is 2.00 bits per heavy atom. The van der Waals surface area contributed by atoms with E-state index in [2.05, 4.69) is 27.4 Å². The number of nitrogens with two attached hydrogens (primary N) is 1. The van der Waals surface area contributed by atoms with Crippen LogP contribution in [0.25, 0.3) is 0 Å². The molecule has 0 aliphatic heterocycles. The van der Waals surface area contributed by atoms with E-state index in [4.69, 9.17) is 10.5 Å². The zero-order valence-corrected chi connectivity index (χ0v) is 13.0. The van der Waals surface area contributed by atoms with Gasteiger partial charge in [0.25, 0.3) is 0 Å². The quantitative estimate of drug-likeness (QED) is 0.632. The van der Waals surface area contributed by atoms with E-state index in [-0.39, 0.29) is 0 Å². The zero-order chi connectivity index (χ0) is 15.8. The van der Waals surface area contributed by atoms with Crippen molar-refractivity contribution < 1.29 is 4.74 Å². The minimum atomic E-state index is 0.429. The van der Waals surface area contributed by atoms with Crippen LogP contribution in [0, 0.1) is 6.92 Å². The maximum atomic E-state index is 5.88. The zero-order valence-electron chi connectivity index (χ0n) is 13.0. The lowest BCUT2D eigenvalue weighted by Crippen LogP contribution is -2.33. The molecular weight excluding hydrogens is 276 g/mol. The number of methoxy groups -OCH3 is 1. The smallest absolute Gasteiger partial charge is 0.218 e. The van der Waals surface area contributed by atoms with Crippen LogP contribution in [0.15, 0.2) is 47.5 Å². The fourth-order valence-corrected chi connectivity index (χ4v) is 2.06. The minimum Gasteiger partial charge on any atom is -0.481 e. The number of aliphatic imine (C=N–C) groups is 1. The lowest BCUT2D eigenvalue weighted by atomic mass is 10.1. The number of hydrogen-bond donors (Lipinski definition) is 2. The number of rotatable bonds is 6. The van der Waals surface area contributed by atoms with Crippen LogP contribution in [-0.2, 0) is 13.0 Å². The fraction of sp³-hybridized carbons (Fsp3) is 0.294. The van der Waals surface area contributed by atoms with Gasteiger partial charge in [-0.05, 0) is 31.0 Å². The van der Waals surface area contributed by atoms with Gasteiger partial charge in [0.15, 0.2) is 5.96 Å². The van der Waals surface area contributed by atoms with Crippen LogP contribution in [0.1, 0.15) is 16.8 Å². The van der Waals surface area contributed by atoms with Gasteiger partial charge in [-0.25, -0.2) is 9.98 Å². The number of pyridine rings is 1. The van der Waals surface area contributed by atoms with Gasteiger partial charge in [-0.1, -0.05) is 30.3 Å². The van der Waals surface area contributed by atoms with E-state index in [1.165, 1.54) is 5.56 Å². The van der Waals surface area contributed by atoms with Crippen LogP contribution in [-0.4, -0.2) is 24.6 Å². The molecule has 116 valence electrons. The molecule has 1 heterocycles. The molecule has 0 aliphatic rings. The summed E-state index contributed by atoms with van der Waals surface area (Å²) in [5.41, 5.74) is 8.99. The van der Waals surface area contributed by atoms with Gasteiger partial charge < -0.3 is 15.8 Å². The fourth-order valence-electron chi connectivity index (χ4n) is 2.06. The topological polar surface area (TPSA) is 72.5 Å². The Kier molecular flexibility index (Phi) is 5.77. The first kappa shape index (κ1) is 15.8. The molecule has 0 saturated heterocycles. The number of nitrogens with one attached hydrogen (secondary N) is 1. The summed E-state index contributed by atoms with van der Waals surface area (Å²) in [6, 6.07) is 14.2. The van der Waals surface area contributed by atoms with Crippen molar-refractivity contribution in [2.45, 2.75) is 19.9 Å². The summed E-state index contributed by atoms with van der Waals surface area (Å²) in [5, 5.41) is 3.12. The highest BCUT2D eigenvalue weighted by atomic mass is 16.5. The maximum absolute atomic E-state index is 5.88. The third kappa shape index (κ3) is 4.77. The molecule has 3 N–H and O–H groups in total. The number of nitrogens with zero attached hydrogens (tertiary/aromatic N) is 2. The number of aromatic nitrogens is 1. The first-order chi connectivity index (χ1) is 10.7. The first-order valence-corrected chi connectivity index (χ1v) is 7.27. The summed E-state index contributed by atoms with van der Waals surface area (Å²) < 4.78 is 5.26. The highest BCUT2D eigenvalue weighted by Gasteiger charge is 2.04. The molecule has 0 amide bonds. The molecule has 5 nitrogen and oxygen atoms in total. The predicted molar refractivity (Wildman–Crippen MR) is 89.0 cm³/mol. The van der Waals surface area contributed by atoms with Crippen LogP contribution in [0.4, 0.5) is 0 Å². The Morgan fingerprint density at radius 1 is 1.23 bits per heavy atom. The Bertz CT molecular complexity index is 626. The van der Waals surface area contributed by atoms with E-state index < -0.39 is 0 Å². The number of ether oxygens (including phenoxy) is 1. The van der Waals surface area contributed by atoms with Crippen molar-refractivity contribution in [3.63, 3.8) is 0 Å². The molecule has 0 fully saturated rings. The summed E-state index contributed by atoms with van der Waals surface area (Å²) >= 11 is 0. The Balaban J connectivity index is 1.85. The van der Waals surface area contributed by atoms with Gasteiger partial charge in [0.05, 0.1) is 13.7 Å². The SMILES string of the molecule is COc1nc(C)ccc1CN=C(N)NCCc1ccccc1. The molecule has 2 aromatic rings. The van der Waals surface area contributed by atoms with Gasteiger partial charge in [-0.3, -0.25) is 0 Å². The van der Waals surface area contributed by atoms with Gasteiger partial charge >= 0.3 is 0 Å². The summed E-state index contributed by atoms with van der Waals surface area (Å²) in [5.74, 6) is 1.03. The van der Waals surface area contributed by atoms with Crippen molar-refractivity contribution in [3.05, 3.63) is 59.3 Å². The van der Waals surface area contributed by atoms with E-state index in [0.29, 0.717) is 18.4 Å². The second-order valence-corrected chi connectivity index (χ2v) is 4.98. The van der Waals surface area contributed by atoms with Crippen molar-refractivity contribution >= 4 is 5.96 Å². The van der Waals surface area contributed by atoms with Crippen molar-refractivity contribution in [2.24, 2.45) is 10.7 Å². The van der Waals surface area contributed by atoms with Crippen molar-refractivity contribution in [1.29, 1.82) is 0 Å². The maximum Gasteiger partial charge on any atom is 0.218 e. The summed E-state index contributed by atoms with van der Waals surface area (Å²) in [7, 11) is 1.61. The van der Waals surface area contributed by atoms with E-state index in [1.54, 1.807) is 7.11 Å². The highest BCUT2D eigenvalue weighted by Crippen LogP contribution is 2.16. The van der Waals surface area contributed by atoms with Crippen molar-refractivity contribution in [3.8, 4) is 5.88 Å². The number of hydrogen-bond acceptors (Lipinski definition) is 3. The Hall–Kier alpha value is -2.56. The Morgan fingerprint density at radius 3 is 2.73 bits per heavy atom. The highest BCUT2D eigenvalue weighted by molar-refractivity contribution is 5.77. The summed E-state index contributed by atoms with van der Waals surface area (Å²) in [4.78, 5) is 8.65. The average Bonchev–Trinajstić information content (AvgIpc) is 2.54. The number of benzene rings is 1. The predicted octanol–water partition coefficient (Wildman–Crippen LogP) is 2.05. The van der Waals surface area contributed by atoms with Crippen LogP contribution in [0.3, 0.4) is 0 Å². The molecule has 0 radical (unpaired) electrons. The Labute approximate surface area is 131 Å².